The molecule has 2 rings (SSSR count). The molecule has 8 heteroatoms. The van der Waals surface area contributed by atoms with Gasteiger partial charge in [-0.3, -0.25) is 10.1 Å². The number of carbonyl (C=O) groups excluding carboxylic acids is 1. The molecule has 2 aromatic heterocycles. The topological polar surface area (TPSA) is 94.4 Å². The molecule has 0 aromatic carbocycles. The van der Waals surface area contributed by atoms with Crippen molar-refractivity contribution >= 4 is 28.8 Å². The molecule has 0 aliphatic heterocycles. The number of hydrogen-bond acceptors (Lipinski definition) is 7. The van der Waals surface area contributed by atoms with Crippen molar-refractivity contribution in [2.45, 2.75) is 6.54 Å². The van der Waals surface area contributed by atoms with Crippen LogP contribution in [0.1, 0.15) is 15.9 Å². The van der Waals surface area contributed by atoms with E-state index in [1.54, 1.807) is 0 Å². The van der Waals surface area contributed by atoms with Gasteiger partial charge in [0.2, 0.25) is 5.82 Å². The summed E-state index contributed by atoms with van der Waals surface area (Å²) in [5, 5.41) is 17.8. The lowest BCUT2D eigenvalue weighted by atomic mass is 10.2. The Morgan fingerprint density at radius 3 is 3.00 bits per heavy atom. The summed E-state index contributed by atoms with van der Waals surface area (Å²) in [6.45, 7) is 0.426. The predicted octanol–water partition coefficient (Wildman–Crippen LogP) is 2.45. The second-order valence-corrected chi connectivity index (χ2v) is 4.61. The predicted molar refractivity (Wildman–Crippen MR) is 73.9 cm³/mol. The summed E-state index contributed by atoms with van der Waals surface area (Å²) in [7, 11) is 1.21. The van der Waals surface area contributed by atoms with Crippen LogP contribution in [0.4, 0.5) is 11.5 Å². The third-order valence-electron chi connectivity index (χ3n) is 2.53. The Morgan fingerprint density at radius 2 is 2.40 bits per heavy atom. The van der Waals surface area contributed by atoms with Gasteiger partial charge >= 0.3 is 11.7 Å². The highest BCUT2D eigenvalue weighted by Crippen LogP contribution is 2.23. The fourth-order valence-electron chi connectivity index (χ4n) is 1.54. The Morgan fingerprint density at radius 1 is 1.60 bits per heavy atom. The zero-order chi connectivity index (χ0) is 14.5. The molecule has 7 nitrogen and oxygen atoms in total. The molecular formula is C12H11N3O4S. The zero-order valence-corrected chi connectivity index (χ0v) is 11.3. The summed E-state index contributed by atoms with van der Waals surface area (Å²) >= 11 is 1.54. The minimum Gasteiger partial charge on any atom is -0.465 e. The molecule has 0 aliphatic rings. The van der Waals surface area contributed by atoms with Gasteiger partial charge in [-0.25, -0.2) is 9.78 Å². The maximum absolute atomic E-state index is 11.3. The molecule has 0 saturated carbocycles. The number of anilines is 1. The number of thiophene rings is 1. The Bertz CT molecular complexity index is 628. The number of pyridine rings is 1. The van der Waals surface area contributed by atoms with Crippen LogP contribution < -0.4 is 5.32 Å². The maximum atomic E-state index is 11.3. The molecule has 20 heavy (non-hydrogen) atoms. The highest BCUT2D eigenvalue weighted by molar-refractivity contribution is 7.07. The van der Waals surface area contributed by atoms with Gasteiger partial charge in [-0.2, -0.15) is 11.3 Å². The van der Waals surface area contributed by atoms with Crippen molar-refractivity contribution in [3.8, 4) is 0 Å². The summed E-state index contributed by atoms with van der Waals surface area (Å²) in [4.78, 5) is 25.7. The minimum absolute atomic E-state index is 0.0419. The molecule has 0 spiro atoms. The van der Waals surface area contributed by atoms with Crippen LogP contribution in [0, 0.1) is 10.1 Å². The van der Waals surface area contributed by atoms with Crippen molar-refractivity contribution in [2.75, 3.05) is 12.4 Å². The average molecular weight is 293 g/mol. The van der Waals surface area contributed by atoms with Gasteiger partial charge in [0, 0.05) is 18.8 Å². The lowest BCUT2D eigenvalue weighted by molar-refractivity contribution is -0.384. The van der Waals surface area contributed by atoms with Gasteiger partial charge in [-0.05, 0) is 22.4 Å². The lowest BCUT2D eigenvalue weighted by Gasteiger charge is -2.06. The van der Waals surface area contributed by atoms with E-state index in [0.717, 1.165) is 11.6 Å². The molecule has 0 saturated heterocycles. The van der Waals surface area contributed by atoms with Crippen LogP contribution in [-0.2, 0) is 11.3 Å². The number of esters is 1. The largest absolute Gasteiger partial charge is 0.465 e. The highest BCUT2D eigenvalue weighted by atomic mass is 32.1. The van der Waals surface area contributed by atoms with Crippen molar-refractivity contribution in [3.05, 3.63) is 50.3 Å². The first-order chi connectivity index (χ1) is 9.61. The third kappa shape index (κ3) is 3.09. The molecule has 0 bridgehead atoms. The van der Waals surface area contributed by atoms with E-state index in [4.69, 9.17) is 0 Å². The molecule has 0 unspecified atom stereocenters. The molecule has 2 aromatic rings. The first-order valence-electron chi connectivity index (χ1n) is 5.59. The Labute approximate surface area is 118 Å². The standard InChI is InChI=1S/C12H11N3O4S/c1-19-12(16)9-4-10(15(17)18)11(14-6-9)13-5-8-2-3-20-7-8/h2-4,6-7H,5H2,1H3,(H,13,14). The lowest BCUT2D eigenvalue weighted by Crippen LogP contribution is -2.08. The molecule has 1 N–H and O–H groups in total. The van der Waals surface area contributed by atoms with Crippen molar-refractivity contribution in [3.63, 3.8) is 0 Å². The van der Waals surface area contributed by atoms with Gasteiger partial charge in [0.05, 0.1) is 17.6 Å². The van der Waals surface area contributed by atoms with E-state index >= 15 is 0 Å². The first-order valence-corrected chi connectivity index (χ1v) is 6.54. The zero-order valence-electron chi connectivity index (χ0n) is 10.5. The molecule has 0 aliphatic carbocycles. The number of aromatic nitrogens is 1. The number of rotatable bonds is 5. The number of ether oxygens (including phenoxy) is 1. The minimum atomic E-state index is -0.662. The highest BCUT2D eigenvalue weighted by Gasteiger charge is 2.19. The van der Waals surface area contributed by atoms with E-state index < -0.39 is 10.9 Å². The van der Waals surface area contributed by atoms with Gasteiger partial charge in [-0.15, -0.1) is 0 Å². The molecule has 0 amide bonds. The summed E-state index contributed by atoms with van der Waals surface area (Å²) in [5.74, 6) is -0.543. The second kappa shape index (κ2) is 6.11. The van der Waals surface area contributed by atoms with E-state index in [0.29, 0.717) is 6.54 Å². The number of nitro groups is 1. The fraction of sp³-hybridized carbons (Fsp3) is 0.167. The summed E-state index contributed by atoms with van der Waals surface area (Å²) < 4.78 is 4.51. The number of carbonyl (C=O) groups is 1. The Kier molecular flexibility index (Phi) is 4.26. The van der Waals surface area contributed by atoms with E-state index in [1.165, 1.54) is 24.6 Å². The summed E-state index contributed by atoms with van der Waals surface area (Å²) in [5.41, 5.74) is 0.784. The molecule has 2 heterocycles. The van der Waals surface area contributed by atoms with Crippen LogP contribution in [0.5, 0.6) is 0 Å². The third-order valence-corrected chi connectivity index (χ3v) is 3.26. The number of hydrogen-bond donors (Lipinski definition) is 1. The van der Waals surface area contributed by atoms with Crippen LogP contribution in [0.3, 0.4) is 0 Å². The smallest absolute Gasteiger partial charge is 0.339 e. The Balaban J connectivity index is 2.23. The van der Waals surface area contributed by atoms with E-state index in [1.807, 2.05) is 16.8 Å². The van der Waals surface area contributed by atoms with Gasteiger partial charge in [0.25, 0.3) is 0 Å². The van der Waals surface area contributed by atoms with Gasteiger partial charge in [0.1, 0.15) is 0 Å². The van der Waals surface area contributed by atoms with Crippen LogP contribution >= 0.6 is 11.3 Å². The van der Waals surface area contributed by atoms with Crippen molar-refractivity contribution < 1.29 is 14.5 Å². The van der Waals surface area contributed by atoms with Crippen molar-refractivity contribution in [1.82, 2.24) is 4.98 Å². The number of nitrogens with one attached hydrogen (secondary N) is 1. The SMILES string of the molecule is COC(=O)c1cnc(NCc2ccsc2)c([N+](=O)[O-])c1. The van der Waals surface area contributed by atoms with Crippen LogP contribution in [0.15, 0.2) is 29.1 Å². The van der Waals surface area contributed by atoms with E-state index in [2.05, 4.69) is 15.0 Å². The normalized spacial score (nSPS) is 10.1. The molecule has 0 atom stereocenters. The monoisotopic (exact) mass is 293 g/mol. The number of nitrogens with zero attached hydrogens (tertiary/aromatic N) is 2. The van der Waals surface area contributed by atoms with Crippen LogP contribution in [-0.4, -0.2) is 23.0 Å². The first kappa shape index (κ1) is 13.9. The van der Waals surface area contributed by atoms with Gasteiger partial charge in [0.15, 0.2) is 0 Å². The summed E-state index contributed by atoms with van der Waals surface area (Å²) in [6, 6.07) is 3.06. The average Bonchev–Trinajstić information content (AvgIpc) is 2.97. The summed E-state index contributed by atoms with van der Waals surface area (Å²) in [6.07, 6.45) is 1.24. The quantitative estimate of drug-likeness (QED) is 0.517. The maximum Gasteiger partial charge on any atom is 0.339 e. The molecule has 0 fully saturated rings. The molecule has 104 valence electrons. The molecule has 0 radical (unpaired) electrons. The van der Waals surface area contributed by atoms with E-state index in [-0.39, 0.29) is 17.1 Å². The van der Waals surface area contributed by atoms with E-state index in [9.17, 15) is 14.9 Å². The number of methoxy groups -OCH3 is 1. The second-order valence-electron chi connectivity index (χ2n) is 3.83. The van der Waals surface area contributed by atoms with Crippen LogP contribution in [0.2, 0.25) is 0 Å². The Hall–Kier alpha value is -2.48. The van der Waals surface area contributed by atoms with Gasteiger partial charge in [-0.1, -0.05) is 0 Å². The van der Waals surface area contributed by atoms with Crippen molar-refractivity contribution in [1.29, 1.82) is 0 Å². The van der Waals surface area contributed by atoms with Gasteiger partial charge < -0.3 is 10.1 Å². The van der Waals surface area contributed by atoms with Crippen LogP contribution in [0.25, 0.3) is 0 Å². The fourth-order valence-corrected chi connectivity index (χ4v) is 2.21. The van der Waals surface area contributed by atoms with Crippen molar-refractivity contribution in [2.24, 2.45) is 0 Å². The molecular weight excluding hydrogens is 282 g/mol.